The number of carbonyl (C=O) groups excluding carboxylic acids is 1. The molecule has 1 aliphatic rings. The number of amides is 1. The Labute approximate surface area is 156 Å². The van der Waals surface area contributed by atoms with Crippen molar-refractivity contribution in [1.82, 2.24) is 15.1 Å². The number of thioether (sulfide) groups is 1. The van der Waals surface area contributed by atoms with Gasteiger partial charge in [0.1, 0.15) is 17.4 Å². The summed E-state index contributed by atoms with van der Waals surface area (Å²) in [5.41, 5.74) is 2.11. The summed E-state index contributed by atoms with van der Waals surface area (Å²) in [5, 5.41) is 7.90. The Morgan fingerprint density at radius 3 is 3.04 bits per heavy atom. The van der Waals surface area contributed by atoms with Gasteiger partial charge in [0.2, 0.25) is 5.91 Å². The van der Waals surface area contributed by atoms with E-state index in [0.717, 1.165) is 4.34 Å². The number of halogens is 3. The van der Waals surface area contributed by atoms with E-state index in [1.807, 2.05) is 0 Å². The van der Waals surface area contributed by atoms with Gasteiger partial charge >= 0.3 is 0 Å². The minimum atomic E-state index is -0.560. The van der Waals surface area contributed by atoms with Crippen molar-refractivity contribution in [3.63, 3.8) is 0 Å². The fourth-order valence-corrected chi connectivity index (χ4v) is 4.19. The van der Waals surface area contributed by atoms with E-state index >= 15 is 0 Å². The first-order chi connectivity index (χ1) is 11.5. The number of hydrogen-bond acceptors (Lipinski definition) is 6. The third kappa shape index (κ3) is 4.18. The summed E-state index contributed by atoms with van der Waals surface area (Å²) < 4.78 is 20.1. The van der Waals surface area contributed by atoms with Crippen LogP contribution in [0.1, 0.15) is 11.7 Å². The number of rotatable bonds is 4. The van der Waals surface area contributed by atoms with Gasteiger partial charge in [0.15, 0.2) is 4.34 Å². The predicted molar refractivity (Wildman–Crippen MR) is 92.3 cm³/mol. The van der Waals surface area contributed by atoms with Crippen LogP contribution in [0.3, 0.4) is 0 Å². The predicted octanol–water partition coefficient (Wildman–Crippen LogP) is 3.68. The lowest BCUT2D eigenvalue weighted by molar-refractivity contribution is -0.136. The van der Waals surface area contributed by atoms with Crippen molar-refractivity contribution in [2.75, 3.05) is 25.4 Å². The minimum absolute atomic E-state index is 0.0333. The van der Waals surface area contributed by atoms with Gasteiger partial charge in [0, 0.05) is 17.1 Å². The first kappa shape index (κ1) is 17.9. The van der Waals surface area contributed by atoms with Crippen molar-refractivity contribution < 1.29 is 13.9 Å². The molecule has 0 saturated carbocycles. The van der Waals surface area contributed by atoms with E-state index in [1.165, 1.54) is 35.2 Å². The first-order valence-electron chi connectivity index (χ1n) is 6.97. The number of aromatic nitrogens is 2. The number of carbonyl (C=O) groups is 1. The molecule has 0 spiro atoms. The number of hydrogen-bond donors (Lipinski definition) is 0. The lowest BCUT2D eigenvalue weighted by Crippen LogP contribution is -2.43. The molecule has 24 heavy (non-hydrogen) atoms. The van der Waals surface area contributed by atoms with Crippen molar-refractivity contribution in [2.45, 2.75) is 10.4 Å². The average molecular weight is 408 g/mol. The smallest absolute Gasteiger partial charge is 0.233 e. The Morgan fingerprint density at radius 1 is 1.46 bits per heavy atom. The van der Waals surface area contributed by atoms with Crippen LogP contribution in [0, 0.1) is 5.82 Å². The van der Waals surface area contributed by atoms with Crippen molar-refractivity contribution >= 4 is 52.2 Å². The Balaban J connectivity index is 1.65. The van der Waals surface area contributed by atoms with Gasteiger partial charge in [-0.3, -0.25) is 4.79 Å². The van der Waals surface area contributed by atoms with E-state index in [0.29, 0.717) is 30.3 Å². The Bertz CT molecular complexity index is 733. The standard InChI is InChI=1S/C14H12Cl2FN3O2S2/c15-9-4-10(16)11(17)3-8(9)12-5-20(1-2-22-12)13(21)6-23-14-19-18-7-24-14/h3-4,7,12H,1-2,5-6H2/t12-/m0/s1. The van der Waals surface area contributed by atoms with Gasteiger partial charge in [0.25, 0.3) is 0 Å². The maximum Gasteiger partial charge on any atom is 0.233 e. The van der Waals surface area contributed by atoms with Gasteiger partial charge in [-0.25, -0.2) is 4.39 Å². The van der Waals surface area contributed by atoms with E-state index in [2.05, 4.69) is 10.2 Å². The molecule has 1 aromatic carbocycles. The van der Waals surface area contributed by atoms with Crippen LogP contribution in [0.15, 0.2) is 22.0 Å². The number of morpholine rings is 1. The van der Waals surface area contributed by atoms with Gasteiger partial charge in [-0.2, -0.15) is 0 Å². The lowest BCUT2D eigenvalue weighted by Gasteiger charge is -2.33. The summed E-state index contributed by atoms with van der Waals surface area (Å²) in [6.45, 7) is 1.16. The normalized spacial score (nSPS) is 18.0. The Morgan fingerprint density at radius 2 is 2.29 bits per heavy atom. The van der Waals surface area contributed by atoms with E-state index in [-0.39, 0.29) is 16.7 Å². The van der Waals surface area contributed by atoms with Gasteiger partial charge in [-0.15, -0.1) is 10.2 Å². The molecule has 10 heteroatoms. The monoisotopic (exact) mass is 407 g/mol. The summed E-state index contributed by atoms with van der Waals surface area (Å²) >= 11 is 14.6. The Kier molecular flexibility index (Phi) is 5.93. The zero-order chi connectivity index (χ0) is 17.1. The molecule has 0 unspecified atom stereocenters. The van der Waals surface area contributed by atoms with Gasteiger partial charge in [-0.1, -0.05) is 46.3 Å². The molecule has 0 radical (unpaired) electrons. The van der Waals surface area contributed by atoms with Crippen molar-refractivity contribution in [1.29, 1.82) is 0 Å². The second-order valence-electron chi connectivity index (χ2n) is 4.98. The summed E-state index contributed by atoms with van der Waals surface area (Å²) in [6.07, 6.45) is -0.478. The van der Waals surface area contributed by atoms with Crippen LogP contribution in [-0.2, 0) is 9.53 Å². The second-order valence-corrected chi connectivity index (χ2v) is 7.85. The van der Waals surface area contributed by atoms with Gasteiger partial charge in [-0.05, 0) is 12.1 Å². The van der Waals surface area contributed by atoms with Gasteiger partial charge in [0.05, 0.1) is 23.9 Å². The average Bonchev–Trinajstić information content (AvgIpc) is 3.09. The molecule has 1 aliphatic heterocycles. The van der Waals surface area contributed by atoms with Crippen LogP contribution in [0.25, 0.3) is 0 Å². The Hall–Kier alpha value is -0.930. The maximum absolute atomic E-state index is 13.7. The van der Waals surface area contributed by atoms with Crippen LogP contribution >= 0.6 is 46.3 Å². The fourth-order valence-electron chi connectivity index (χ4n) is 2.29. The highest BCUT2D eigenvalue weighted by molar-refractivity contribution is 8.01. The molecule has 3 rings (SSSR count). The van der Waals surface area contributed by atoms with Crippen molar-refractivity contribution in [3.8, 4) is 0 Å². The molecule has 1 aromatic heterocycles. The highest BCUT2D eigenvalue weighted by Gasteiger charge is 2.27. The number of ether oxygens (including phenoxy) is 1. The lowest BCUT2D eigenvalue weighted by atomic mass is 10.1. The summed E-state index contributed by atoms with van der Waals surface area (Å²) in [6, 6.07) is 2.61. The van der Waals surface area contributed by atoms with Crippen LogP contribution in [0.2, 0.25) is 10.0 Å². The van der Waals surface area contributed by atoms with E-state index in [4.69, 9.17) is 27.9 Å². The number of nitrogens with zero attached hydrogens (tertiary/aromatic N) is 3. The van der Waals surface area contributed by atoms with Gasteiger partial charge < -0.3 is 9.64 Å². The van der Waals surface area contributed by atoms with Crippen molar-refractivity contribution in [2.24, 2.45) is 0 Å². The molecule has 0 bridgehead atoms. The molecular formula is C14H12Cl2FN3O2S2. The zero-order valence-electron chi connectivity index (χ0n) is 12.2. The summed E-state index contributed by atoms with van der Waals surface area (Å²) in [4.78, 5) is 14.0. The quantitative estimate of drug-likeness (QED) is 0.571. The molecule has 1 atom stereocenters. The first-order valence-corrected chi connectivity index (χ1v) is 9.59. The molecule has 1 fully saturated rings. The maximum atomic E-state index is 13.7. The highest BCUT2D eigenvalue weighted by Crippen LogP contribution is 2.32. The van der Waals surface area contributed by atoms with Crippen LogP contribution in [0.5, 0.6) is 0 Å². The number of benzene rings is 1. The minimum Gasteiger partial charge on any atom is -0.370 e. The summed E-state index contributed by atoms with van der Waals surface area (Å²) in [7, 11) is 0. The zero-order valence-corrected chi connectivity index (χ0v) is 15.4. The van der Waals surface area contributed by atoms with Crippen LogP contribution < -0.4 is 0 Å². The molecule has 0 aliphatic carbocycles. The van der Waals surface area contributed by atoms with E-state index in [1.54, 1.807) is 10.4 Å². The fraction of sp³-hybridized carbons (Fsp3) is 0.357. The second kappa shape index (κ2) is 7.97. The van der Waals surface area contributed by atoms with Crippen LogP contribution in [-0.4, -0.2) is 46.5 Å². The molecule has 0 N–H and O–H groups in total. The van der Waals surface area contributed by atoms with E-state index in [9.17, 15) is 9.18 Å². The third-order valence-electron chi connectivity index (χ3n) is 3.46. The summed E-state index contributed by atoms with van der Waals surface area (Å²) in [5.74, 6) is -0.325. The van der Waals surface area contributed by atoms with Crippen LogP contribution in [0.4, 0.5) is 4.39 Å². The molecule has 128 valence electrons. The SMILES string of the molecule is O=C(CSc1nncs1)N1CCO[C@H](c2cc(F)c(Cl)cc2Cl)C1. The molecule has 2 heterocycles. The molecule has 2 aromatic rings. The van der Waals surface area contributed by atoms with E-state index < -0.39 is 11.9 Å². The molecular weight excluding hydrogens is 396 g/mol. The molecule has 1 saturated heterocycles. The highest BCUT2D eigenvalue weighted by atomic mass is 35.5. The van der Waals surface area contributed by atoms with Crippen molar-refractivity contribution in [3.05, 3.63) is 39.1 Å². The largest absolute Gasteiger partial charge is 0.370 e. The third-order valence-corrected chi connectivity index (χ3v) is 5.93. The molecule has 1 amide bonds. The topological polar surface area (TPSA) is 55.3 Å². The molecule has 5 nitrogen and oxygen atoms in total.